The Labute approximate surface area is 156 Å². The number of hydrogen-bond acceptors (Lipinski definition) is 3. The van der Waals surface area contributed by atoms with Gasteiger partial charge in [-0.2, -0.15) is 0 Å². The molecule has 2 rings (SSSR count). The van der Waals surface area contributed by atoms with Gasteiger partial charge in [0.1, 0.15) is 0 Å². The van der Waals surface area contributed by atoms with Crippen molar-refractivity contribution in [3.8, 4) is 5.75 Å². The SMILES string of the molecule is O=C(NC(=S)Nc1cc(Cl)c(O)c(Cl)c1)c1ccc(I)cc1. The van der Waals surface area contributed by atoms with Crippen LogP contribution in [0.1, 0.15) is 10.4 Å². The van der Waals surface area contributed by atoms with Gasteiger partial charge in [0.25, 0.3) is 5.91 Å². The van der Waals surface area contributed by atoms with Crippen LogP contribution in [0, 0.1) is 3.57 Å². The normalized spacial score (nSPS) is 10.1. The second-order valence-corrected chi connectivity index (χ2v) is 6.67. The van der Waals surface area contributed by atoms with Gasteiger partial charge < -0.3 is 10.4 Å². The van der Waals surface area contributed by atoms with Crippen LogP contribution in [0.25, 0.3) is 0 Å². The van der Waals surface area contributed by atoms with Crippen LogP contribution in [-0.4, -0.2) is 16.1 Å². The third-order valence-electron chi connectivity index (χ3n) is 2.61. The number of carbonyl (C=O) groups excluding carboxylic acids is 1. The van der Waals surface area contributed by atoms with E-state index >= 15 is 0 Å². The summed E-state index contributed by atoms with van der Waals surface area (Å²) in [4.78, 5) is 12.0. The quantitative estimate of drug-likeness (QED) is 0.348. The predicted octanol–water partition coefficient (Wildman–Crippen LogP) is 4.43. The Kier molecular flexibility index (Phi) is 5.85. The number of rotatable bonds is 2. The third kappa shape index (κ3) is 4.45. The molecule has 3 N–H and O–H groups in total. The van der Waals surface area contributed by atoms with Gasteiger partial charge in [0.15, 0.2) is 10.9 Å². The molecule has 4 nitrogen and oxygen atoms in total. The molecule has 0 saturated heterocycles. The van der Waals surface area contributed by atoms with E-state index in [-0.39, 0.29) is 26.8 Å². The summed E-state index contributed by atoms with van der Waals surface area (Å²) in [5.41, 5.74) is 0.951. The number of carbonyl (C=O) groups is 1. The minimum atomic E-state index is -0.329. The van der Waals surface area contributed by atoms with E-state index in [1.54, 1.807) is 12.1 Å². The summed E-state index contributed by atoms with van der Waals surface area (Å²) in [6, 6.07) is 9.96. The fourth-order valence-electron chi connectivity index (χ4n) is 1.58. The summed E-state index contributed by atoms with van der Waals surface area (Å²) < 4.78 is 1.03. The molecule has 2 aromatic rings. The number of benzene rings is 2. The Morgan fingerprint density at radius 2 is 1.68 bits per heavy atom. The molecule has 1 amide bonds. The van der Waals surface area contributed by atoms with Crippen molar-refractivity contribution in [2.75, 3.05) is 5.32 Å². The highest BCUT2D eigenvalue weighted by Crippen LogP contribution is 2.34. The van der Waals surface area contributed by atoms with Gasteiger partial charge in [0, 0.05) is 14.8 Å². The Hall–Kier alpha value is -1.09. The zero-order valence-corrected chi connectivity index (χ0v) is 15.3. The fraction of sp³-hybridized carbons (Fsp3) is 0. The summed E-state index contributed by atoms with van der Waals surface area (Å²) in [7, 11) is 0. The van der Waals surface area contributed by atoms with Crippen molar-refractivity contribution in [1.29, 1.82) is 0 Å². The van der Waals surface area contributed by atoms with Gasteiger partial charge in [0.05, 0.1) is 10.0 Å². The molecular formula is C14H9Cl2IN2O2S. The van der Waals surface area contributed by atoms with Gasteiger partial charge in [-0.15, -0.1) is 0 Å². The number of phenolic OH excluding ortho intramolecular Hbond substituents is 1. The van der Waals surface area contributed by atoms with Gasteiger partial charge in [-0.3, -0.25) is 10.1 Å². The maximum Gasteiger partial charge on any atom is 0.257 e. The molecule has 22 heavy (non-hydrogen) atoms. The van der Waals surface area contributed by atoms with Gasteiger partial charge in [0.2, 0.25) is 0 Å². The number of halogens is 3. The first kappa shape index (κ1) is 17.3. The molecule has 0 saturated carbocycles. The van der Waals surface area contributed by atoms with Gasteiger partial charge in [-0.1, -0.05) is 23.2 Å². The zero-order chi connectivity index (χ0) is 16.3. The Morgan fingerprint density at radius 3 is 2.23 bits per heavy atom. The summed E-state index contributed by atoms with van der Waals surface area (Å²) in [5.74, 6) is -0.535. The lowest BCUT2D eigenvalue weighted by molar-refractivity contribution is 0.0977. The molecule has 0 heterocycles. The second-order valence-electron chi connectivity index (χ2n) is 4.20. The lowest BCUT2D eigenvalue weighted by atomic mass is 10.2. The monoisotopic (exact) mass is 466 g/mol. The van der Waals surface area contributed by atoms with E-state index in [0.717, 1.165) is 3.57 Å². The lowest BCUT2D eigenvalue weighted by Crippen LogP contribution is -2.34. The first-order valence-corrected chi connectivity index (χ1v) is 8.17. The summed E-state index contributed by atoms with van der Waals surface area (Å²) >= 11 is 18.8. The van der Waals surface area contributed by atoms with E-state index in [1.807, 2.05) is 12.1 Å². The lowest BCUT2D eigenvalue weighted by Gasteiger charge is -2.11. The molecule has 0 aliphatic rings. The highest BCUT2D eigenvalue weighted by atomic mass is 127. The Morgan fingerprint density at radius 1 is 1.14 bits per heavy atom. The van der Waals surface area contributed by atoms with Crippen molar-refractivity contribution < 1.29 is 9.90 Å². The van der Waals surface area contributed by atoms with Crippen LogP contribution in [0.4, 0.5) is 5.69 Å². The van der Waals surface area contributed by atoms with Gasteiger partial charge in [-0.05, 0) is 71.2 Å². The second kappa shape index (κ2) is 7.45. The van der Waals surface area contributed by atoms with Crippen molar-refractivity contribution >= 4 is 74.7 Å². The summed E-state index contributed by atoms with van der Waals surface area (Å²) in [5, 5.41) is 15.1. The number of hydrogen-bond donors (Lipinski definition) is 3. The van der Waals surface area contributed by atoms with Crippen LogP contribution < -0.4 is 10.6 Å². The Balaban J connectivity index is 2.04. The molecule has 0 bridgehead atoms. The van der Waals surface area contributed by atoms with Crippen molar-refractivity contribution in [3.05, 3.63) is 55.6 Å². The Bertz CT molecular complexity index is 715. The van der Waals surface area contributed by atoms with E-state index in [1.165, 1.54) is 12.1 Å². The third-order valence-corrected chi connectivity index (χ3v) is 4.11. The minimum absolute atomic E-state index is 0.0850. The average Bonchev–Trinajstić information content (AvgIpc) is 2.45. The number of amides is 1. The number of phenols is 1. The van der Waals surface area contributed by atoms with E-state index in [2.05, 4.69) is 33.2 Å². The van der Waals surface area contributed by atoms with Crippen molar-refractivity contribution in [2.24, 2.45) is 0 Å². The van der Waals surface area contributed by atoms with Crippen LogP contribution in [0.2, 0.25) is 10.0 Å². The molecule has 0 aliphatic carbocycles. The van der Waals surface area contributed by atoms with E-state index in [0.29, 0.717) is 11.3 Å². The molecule has 0 spiro atoms. The molecule has 8 heteroatoms. The molecule has 0 fully saturated rings. The minimum Gasteiger partial charge on any atom is -0.505 e. The molecule has 0 atom stereocenters. The van der Waals surface area contributed by atoms with Crippen LogP contribution in [0.5, 0.6) is 5.75 Å². The number of aromatic hydroxyl groups is 1. The molecule has 114 valence electrons. The first-order valence-electron chi connectivity index (χ1n) is 5.92. The maximum atomic E-state index is 12.0. The van der Waals surface area contributed by atoms with Crippen LogP contribution >= 0.6 is 58.0 Å². The number of anilines is 1. The molecule has 0 radical (unpaired) electrons. The zero-order valence-electron chi connectivity index (χ0n) is 10.9. The number of thiocarbonyl (C=S) groups is 1. The fourth-order valence-corrected chi connectivity index (χ4v) is 2.63. The number of nitrogens with one attached hydrogen (secondary N) is 2. The summed E-state index contributed by atoms with van der Waals surface area (Å²) in [6.45, 7) is 0. The highest BCUT2D eigenvalue weighted by Gasteiger charge is 2.10. The van der Waals surface area contributed by atoms with Gasteiger partial charge >= 0.3 is 0 Å². The van der Waals surface area contributed by atoms with E-state index in [9.17, 15) is 9.90 Å². The standard InChI is InChI=1S/C14H9Cl2IN2O2S/c15-10-5-9(6-11(16)12(10)20)18-14(22)19-13(21)7-1-3-8(17)4-2-7/h1-6,20H,(H2,18,19,21,22). The maximum absolute atomic E-state index is 12.0. The predicted molar refractivity (Wildman–Crippen MR) is 101 cm³/mol. The van der Waals surface area contributed by atoms with Gasteiger partial charge in [-0.25, -0.2) is 0 Å². The topological polar surface area (TPSA) is 61.4 Å². The van der Waals surface area contributed by atoms with E-state index in [4.69, 9.17) is 35.4 Å². The molecular weight excluding hydrogens is 458 g/mol. The van der Waals surface area contributed by atoms with Crippen LogP contribution in [-0.2, 0) is 0 Å². The van der Waals surface area contributed by atoms with Crippen LogP contribution in [0.15, 0.2) is 36.4 Å². The molecule has 0 unspecified atom stereocenters. The first-order chi connectivity index (χ1) is 10.4. The average molecular weight is 467 g/mol. The molecule has 2 aromatic carbocycles. The highest BCUT2D eigenvalue weighted by molar-refractivity contribution is 14.1. The van der Waals surface area contributed by atoms with E-state index < -0.39 is 0 Å². The smallest absolute Gasteiger partial charge is 0.257 e. The summed E-state index contributed by atoms with van der Waals surface area (Å²) in [6.07, 6.45) is 0. The molecule has 0 aliphatic heterocycles. The molecule has 0 aromatic heterocycles. The largest absolute Gasteiger partial charge is 0.505 e. The van der Waals surface area contributed by atoms with Crippen molar-refractivity contribution in [3.63, 3.8) is 0 Å². The van der Waals surface area contributed by atoms with Crippen molar-refractivity contribution in [2.45, 2.75) is 0 Å². The van der Waals surface area contributed by atoms with Crippen molar-refractivity contribution in [1.82, 2.24) is 5.32 Å². The van der Waals surface area contributed by atoms with Crippen LogP contribution in [0.3, 0.4) is 0 Å².